The Balaban J connectivity index is 1.38. The van der Waals surface area contributed by atoms with Crippen LogP contribution in [0, 0.1) is 11.3 Å². The Hall–Kier alpha value is -5.58. The topological polar surface area (TPSA) is 221 Å². The molecule has 3 heterocycles. The van der Waals surface area contributed by atoms with Gasteiger partial charge in [0, 0.05) is 20.2 Å². The van der Waals surface area contributed by atoms with Gasteiger partial charge in [-0.2, -0.15) is 5.26 Å². The molecular weight excluding hydrogens is 1080 g/mol. The molecule has 2 N–H and O–H groups in total. The summed E-state index contributed by atoms with van der Waals surface area (Å²) >= 11 is 0. The fraction of sp³-hybridized carbons (Fsp3) is 0.544. The highest BCUT2D eigenvalue weighted by atomic mass is 31.2. The first kappa shape index (κ1) is 63.6. The Labute approximate surface area is 474 Å². The largest absolute Gasteiger partial charge is 0.497 e. The van der Waals surface area contributed by atoms with E-state index in [0.29, 0.717) is 18.1 Å². The minimum Gasteiger partial charge on any atom is -0.497 e. The lowest BCUT2D eigenvalue weighted by Gasteiger charge is -2.43. The number of alkyl carbamates (subject to hydrolysis) is 1. The Kier molecular flexibility index (Phi) is 22.6. The minimum atomic E-state index is -2.71. The molecule has 1 fully saturated rings. The van der Waals surface area contributed by atoms with Crippen molar-refractivity contribution in [2.24, 2.45) is 0 Å². The van der Waals surface area contributed by atoms with E-state index in [0.717, 1.165) is 22.7 Å². The molecule has 0 spiro atoms. The number of methoxy groups -OCH3 is 2. The normalized spacial score (nSPS) is 17.4. The average molecular weight is 1160 g/mol. The number of imidazole rings is 1. The van der Waals surface area contributed by atoms with Crippen LogP contribution in [-0.2, 0) is 49.4 Å². The summed E-state index contributed by atoms with van der Waals surface area (Å²) in [6.45, 7) is 25.8. The molecule has 2 aromatic heterocycles. The van der Waals surface area contributed by atoms with Gasteiger partial charge in [0.15, 0.2) is 25.7 Å². The monoisotopic (exact) mass is 1160 g/mol. The third kappa shape index (κ3) is 16.1. The fourth-order valence-electron chi connectivity index (χ4n) is 8.89. The smallest absolute Gasteiger partial charge is 0.407 e. The summed E-state index contributed by atoms with van der Waals surface area (Å²) in [5.74, 6) is 0.898. The molecule has 0 radical (unpaired) electrons. The molecule has 0 bridgehead atoms. The number of nitriles is 1. The SMILES string of the molecule is COc1ccc(C(OC[C@H]2O[C@@H](n3cnc4c(=O)n(CCOCNC(=O)CNC(=O)OCC[Si](C)(C)C)cnc43)[C@H](OP(OCCC#N)N(C(C)C)C(C)C)[C@@H]2O[Si](C)(C)C(C)(C)C)(c2ccccc2)c2ccc(OC)cc2)cc1. The summed E-state index contributed by atoms with van der Waals surface area (Å²) in [7, 11) is -2.71. The molecule has 20 nitrogen and oxygen atoms in total. The van der Waals surface area contributed by atoms with Gasteiger partial charge < -0.3 is 52.5 Å². The first-order chi connectivity index (χ1) is 37.9. The highest BCUT2D eigenvalue weighted by Crippen LogP contribution is 2.53. The van der Waals surface area contributed by atoms with E-state index < -0.39 is 72.6 Å². The second-order valence-corrected chi connectivity index (χ2v) is 34.6. The second kappa shape index (κ2) is 28.4. The Morgan fingerprint density at radius 3 is 2.00 bits per heavy atom. The molecule has 436 valence electrons. The Morgan fingerprint density at radius 1 is 0.825 bits per heavy atom. The number of fused-ring (bicyclic) bond motifs is 1. The number of hydrogen-bond acceptors (Lipinski definition) is 16. The first-order valence-electron chi connectivity index (χ1n) is 27.2. The van der Waals surface area contributed by atoms with Gasteiger partial charge in [-0.05, 0) is 92.8 Å². The number of amides is 2. The number of carbonyl (C=O) groups excluding carboxylic acids is 2. The van der Waals surface area contributed by atoms with E-state index in [1.54, 1.807) is 18.8 Å². The standard InChI is InChI=1S/C57H83N8O12PSi2/c1-40(2)65(41(3)4)78(74-31-18-29-58)76-51-50(77-80(13,14)56(5,6)7)47(36-73-57(42-19-16-15-17-20-42,43-21-25-45(69-8)26-22-43)44-23-27-46(70-9)28-24-44)75-54(51)64-38-60-49-52(64)61-37-63(53(49)67)30-32-71-39-62-48(66)35-59-55(68)72-33-34-79(10,11)12/h15-17,19-28,37-38,40-41,47,50-51,54H,18,30-36,39H2,1-14H3,(H,59,68)(H,62,66)/t47-,50-,51-,54-,78?/m1/s1. The Bertz CT molecular complexity index is 2820. The zero-order chi connectivity index (χ0) is 58.4. The van der Waals surface area contributed by atoms with Crippen molar-refractivity contribution in [3.63, 3.8) is 0 Å². The number of ether oxygens (including phenoxy) is 6. The van der Waals surface area contributed by atoms with Crippen molar-refractivity contribution in [3.8, 4) is 17.6 Å². The molecule has 5 aromatic rings. The van der Waals surface area contributed by atoms with Crippen molar-refractivity contribution < 1.29 is 51.5 Å². The molecule has 1 aliphatic rings. The molecule has 1 aliphatic heterocycles. The van der Waals surface area contributed by atoms with Crippen molar-refractivity contribution in [1.29, 1.82) is 5.26 Å². The van der Waals surface area contributed by atoms with Crippen LogP contribution in [0.3, 0.4) is 0 Å². The van der Waals surface area contributed by atoms with E-state index in [9.17, 15) is 19.6 Å². The van der Waals surface area contributed by atoms with E-state index in [-0.39, 0.29) is 74.3 Å². The predicted octanol–water partition coefficient (Wildman–Crippen LogP) is 9.72. The molecule has 0 saturated carbocycles. The van der Waals surface area contributed by atoms with Crippen molar-refractivity contribution in [2.75, 3.05) is 53.9 Å². The van der Waals surface area contributed by atoms with E-state index in [4.69, 9.17) is 46.9 Å². The predicted molar refractivity (Wildman–Crippen MR) is 313 cm³/mol. The van der Waals surface area contributed by atoms with E-state index in [1.165, 1.54) is 17.2 Å². The average Bonchev–Trinajstić information content (AvgIpc) is 4.19. The number of carbonyl (C=O) groups is 2. The lowest BCUT2D eigenvalue weighted by molar-refractivity contribution is -0.121. The summed E-state index contributed by atoms with van der Waals surface area (Å²) < 4.78 is 63.8. The summed E-state index contributed by atoms with van der Waals surface area (Å²) in [5, 5.41) is 14.5. The quantitative estimate of drug-likeness (QED) is 0.0150. The third-order valence-corrected chi connectivity index (χ3v) is 22.5. The van der Waals surface area contributed by atoms with E-state index >= 15 is 0 Å². The van der Waals surface area contributed by atoms with Crippen LogP contribution in [-0.4, -0.2) is 136 Å². The maximum atomic E-state index is 14.3. The van der Waals surface area contributed by atoms with Crippen molar-refractivity contribution in [3.05, 3.63) is 119 Å². The van der Waals surface area contributed by atoms with Crippen LogP contribution in [0.1, 0.15) is 77.8 Å². The van der Waals surface area contributed by atoms with Gasteiger partial charge in [-0.15, -0.1) is 0 Å². The van der Waals surface area contributed by atoms with Crippen LogP contribution >= 0.6 is 8.53 Å². The highest BCUT2D eigenvalue weighted by molar-refractivity contribution is 7.44. The number of rotatable bonds is 29. The number of benzene rings is 3. The van der Waals surface area contributed by atoms with Crippen LogP contribution in [0.4, 0.5) is 4.79 Å². The summed E-state index contributed by atoms with van der Waals surface area (Å²) in [4.78, 5) is 48.2. The van der Waals surface area contributed by atoms with Crippen LogP contribution < -0.4 is 25.7 Å². The van der Waals surface area contributed by atoms with Gasteiger partial charge in [0.2, 0.25) is 5.91 Å². The number of nitrogens with zero attached hydrogens (tertiary/aromatic N) is 6. The van der Waals surface area contributed by atoms with Crippen LogP contribution in [0.15, 0.2) is 96.3 Å². The van der Waals surface area contributed by atoms with Gasteiger partial charge in [-0.1, -0.05) is 95.0 Å². The van der Waals surface area contributed by atoms with Crippen molar-refractivity contribution in [2.45, 2.75) is 147 Å². The van der Waals surface area contributed by atoms with Crippen molar-refractivity contribution in [1.82, 2.24) is 34.4 Å². The van der Waals surface area contributed by atoms with E-state index in [1.807, 2.05) is 78.9 Å². The zero-order valence-electron chi connectivity index (χ0n) is 49.0. The summed E-state index contributed by atoms with van der Waals surface area (Å²) in [6, 6.07) is 28.6. The molecule has 23 heteroatoms. The molecular formula is C57H83N8O12PSi2. The molecule has 5 atom stereocenters. The van der Waals surface area contributed by atoms with Crippen LogP contribution in [0.25, 0.3) is 11.2 Å². The molecule has 3 aromatic carbocycles. The number of nitrogens with one attached hydrogen (secondary N) is 2. The zero-order valence-corrected chi connectivity index (χ0v) is 51.9. The van der Waals surface area contributed by atoms with Crippen LogP contribution in [0.5, 0.6) is 11.5 Å². The molecule has 1 unspecified atom stereocenters. The molecule has 2 amide bonds. The molecule has 0 aliphatic carbocycles. The number of aromatic nitrogens is 4. The minimum absolute atomic E-state index is 0.0247. The van der Waals surface area contributed by atoms with Gasteiger partial charge in [0.25, 0.3) is 14.1 Å². The van der Waals surface area contributed by atoms with Gasteiger partial charge in [-0.3, -0.25) is 18.7 Å². The summed E-state index contributed by atoms with van der Waals surface area (Å²) in [5.41, 5.74) is 1.18. The second-order valence-electron chi connectivity index (χ2n) is 22.9. The van der Waals surface area contributed by atoms with Gasteiger partial charge in [0.1, 0.15) is 55.0 Å². The third-order valence-electron chi connectivity index (χ3n) is 14.2. The lowest BCUT2D eigenvalue weighted by atomic mass is 9.80. The fourth-order valence-corrected chi connectivity index (χ4v) is 12.7. The van der Waals surface area contributed by atoms with Crippen LogP contribution in [0.2, 0.25) is 43.8 Å². The lowest BCUT2D eigenvalue weighted by Crippen LogP contribution is -2.51. The molecule has 1 saturated heterocycles. The molecule has 80 heavy (non-hydrogen) atoms. The van der Waals surface area contributed by atoms with Crippen molar-refractivity contribution >= 4 is 48.1 Å². The van der Waals surface area contributed by atoms with Gasteiger partial charge >= 0.3 is 6.09 Å². The summed E-state index contributed by atoms with van der Waals surface area (Å²) in [6.07, 6.45) is -1.10. The van der Waals surface area contributed by atoms with Gasteiger partial charge in [-0.25, -0.2) is 19.4 Å². The first-order valence-corrected chi connectivity index (χ1v) is 34.9. The van der Waals surface area contributed by atoms with Gasteiger partial charge in [0.05, 0.1) is 66.0 Å². The van der Waals surface area contributed by atoms with E-state index in [2.05, 4.69) is 108 Å². The number of hydrogen-bond donors (Lipinski definition) is 2. The Morgan fingerprint density at radius 2 is 1.44 bits per heavy atom. The maximum Gasteiger partial charge on any atom is 0.407 e. The maximum absolute atomic E-state index is 14.3. The molecule has 6 rings (SSSR count). The highest BCUT2D eigenvalue weighted by Gasteiger charge is 2.54.